The Morgan fingerprint density at radius 2 is 1.89 bits per heavy atom. The Balaban J connectivity index is 2.95. The quantitative estimate of drug-likeness (QED) is 0.611. The molecule has 1 aromatic rings. The molecule has 0 aromatic heterocycles. The summed E-state index contributed by atoms with van der Waals surface area (Å²) in [7, 11) is 9.39. The Kier molecular flexibility index (Phi) is 5.19. The summed E-state index contributed by atoms with van der Waals surface area (Å²) >= 11 is 0. The number of nitriles is 1. The van der Waals surface area contributed by atoms with E-state index >= 15 is 0 Å². The molecule has 0 saturated carbocycles. The maximum absolute atomic E-state index is 8.93. The van der Waals surface area contributed by atoms with Gasteiger partial charge in [0.1, 0.15) is 11.8 Å². The van der Waals surface area contributed by atoms with Gasteiger partial charge in [-0.25, -0.2) is 4.99 Å². The van der Waals surface area contributed by atoms with Gasteiger partial charge < -0.3 is 14.5 Å². The van der Waals surface area contributed by atoms with Crippen LogP contribution in [0.3, 0.4) is 0 Å². The van der Waals surface area contributed by atoms with Gasteiger partial charge in [-0.1, -0.05) is 6.07 Å². The molecule has 0 amide bonds. The molecule has 0 saturated heterocycles. The van der Waals surface area contributed by atoms with Crippen LogP contribution in [-0.2, 0) is 6.54 Å². The normalized spacial score (nSPS) is 9.47. The van der Waals surface area contributed by atoms with Crippen molar-refractivity contribution in [3.05, 3.63) is 29.3 Å². The second-order valence-corrected chi connectivity index (χ2v) is 4.55. The summed E-state index contributed by atoms with van der Waals surface area (Å²) < 4.78 is 5.19. The second-order valence-electron chi connectivity index (χ2n) is 4.55. The molecule has 0 aliphatic rings. The first-order chi connectivity index (χ1) is 8.99. The number of hydrogen-bond acceptors (Lipinski definition) is 3. The van der Waals surface area contributed by atoms with E-state index in [1.54, 1.807) is 13.2 Å². The zero-order valence-electron chi connectivity index (χ0n) is 12.1. The fourth-order valence-corrected chi connectivity index (χ4v) is 1.77. The van der Waals surface area contributed by atoms with Crippen LogP contribution in [0.1, 0.15) is 11.1 Å². The SMILES string of the molecule is COc1cc(CN=C(N(C)C)N(C)C)ccc1C#N. The molecule has 0 fully saturated rings. The predicted molar refractivity (Wildman–Crippen MR) is 76.2 cm³/mol. The molecule has 0 aliphatic heterocycles. The van der Waals surface area contributed by atoms with Gasteiger partial charge in [-0.2, -0.15) is 5.26 Å². The Hall–Kier alpha value is -2.22. The lowest BCUT2D eigenvalue weighted by molar-refractivity contribution is 0.413. The second kappa shape index (κ2) is 6.64. The Labute approximate surface area is 114 Å². The van der Waals surface area contributed by atoms with Crippen LogP contribution in [0.2, 0.25) is 0 Å². The molecule has 0 spiro atoms. The van der Waals surface area contributed by atoms with Gasteiger partial charge in [-0.3, -0.25) is 0 Å². The van der Waals surface area contributed by atoms with E-state index in [0.717, 1.165) is 11.5 Å². The number of ether oxygens (including phenoxy) is 1. The molecule has 19 heavy (non-hydrogen) atoms. The van der Waals surface area contributed by atoms with E-state index in [9.17, 15) is 0 Å². The van der Waals surface area contributed by atoms with E-state index < -0.39 is 0 Å². The van der Waals surface area contributed by atoms with Crippen molar-refractivity contribution in [1.82, 2.24) is 9.80 Å². The number of methoxy groups -OCH3 is 1. The van der Waals surface area contributed by atoms with E-state index in [2.05, 4.69) is 11.1 Å². The lowest BCUT2D eigenvalue weighted by atomic mass is 10.1. The van der Waals surface area contributed by atoms with Crippen LogP contribution in [0.4, 0.5) is 0 Å². The van der Waals surface area contributed by atoms with Crippen molar-refractivity contribution in [3.63, 3.8) is 0 Å². The summed E-state index contributed by atoms with van der Waals surface area (Å²) in [5, 5.41) is 8.93. The summed E-state index contributed by atoms with van der Waals surface area (Å²) in [6.45, 7) is 0.549. The lowest BCUT2D eigenvalue weighted by Gasteiger charge is -2.22. The summed E-state index contributed by atoms with van der Waals surface area (Å²) in [5.41, 5.74) is 1.55. The Bertz CT molecular complexity index is 491. The lowest BCUT2D eigenvalue weighted by Crippen LogP contribution is -2.35. The molecule has 5 nitrogen and oxygen atoms in total. The Morgan fingerprint density at radius 3 is 2.37 bits per heavy atom. The molecule has 0 bridgehead atoms. The minimum atomic E-state index is 0.538. The highest BCUT2D eigenvalue weighted by atomic mass is 16.5. The van der Waals surface area contributed by atoms with Crippen molar-refractivity contribution < 1.29 is 4.74 Å². The first kappa shape index (κ1) is 14.8. The number of rotatable bonds is 3. The van der Waals surface area contributed by atoms with Crippen molar-refractivity contribution in [3.8, 4) is 11.8 Å². The predicted octanol–water partition coefficient (Wildman–Crippen LogP) is 1.55. The van der Waals surface area contributed by atoms with Gasteiger partial charge in [0.2, 0.25) is 0 Å². The number of nitrogens with zero attached hydrogens (tertiary/aromatic N) is 4. The van der Waals surface area contributed by atoms with E-state index in [-0.39, 0.29) is 0 Å². The molecule has 1 rings (SSSR count). The minimum absolute atomic E-state index is 0.538. The fourth-order valence-electron chi connectivity index (χ4n) is 1.77. The molecule has 0 N–H and O–H groups in total. The molecule has 102 valence electrons. The number of hydrogen-bond donors (Lipinski definition) is 0. The summed E-state index contributed by atoms with van der Waals surface area (Å²) in [4.78, 5) is 8.47. The van der Waals surface area contributed by atoms with Crippen molar-refractivity contribution in [1.29, 1.82) is 5.26 Å². The van der Waals surface area contributed by atoms with Crippen LogP contribution in [-0.4, -0.2) is 51.1 Å². The Morgan fingerprint density at radius 1 is 1.26 bits per heavy atom. The average molecular weight is 260 g/mol. The van der Waals surface area contributed by atoms with Crippen LogP contribution < -0.4 is 4.74 Å². The zero-order valence-corrected chi connectivity index (χ0v) is 12.1. The molecule has 0 radical (unpaired) electrons. The third-order valence-corrected chi connectivity index (χ3v) is 2.59. The standard InChI is InChI=1S/C14H20N4O/c1-17(2)14(18(3)4)16-10-11-6-7-12(9-15)13(8-11)19-5/h6-8H,10H2,1-5H3. The van der Waals surface area contributed by atoms with Gasteiger partial charge in [-0.05, 0) is 17.7 Å². The maximum Gasteiger partial charge on any atom is 0.195 e. The van der Waals surface area contributed by atoms with E-state index in [1.165, 1.54) is 0 Å². The van der Waals surface area contributed by atoms with Crippen molar-refractivity contribution in [2.24, 2.45) is 4.99 Å². The first-order valence-electron chi connectivity index (χ1n) is 5.95. The highest BCUT2D eigenvalue weighted by molar-refractivity contribution is 5.79. The third kappa shape index (κ3) is 3.88. The van der Waals surface area contributed by atoms with Crippen LogP contribution in [0.25, 0.3) is 0 Å². The smallest absolute Gasteiger partial charge is 0.195 e. The van der Waals surface area contributed by atoms with Crippen LogP contribution in [0, 0.1) is 11.3 Å². The summed E-state index contributed by atoms with van der Waals surface area (Å²) in [6.07, 6.45) is 0. The third-order valence-electron chi connectivity index (χ3n) is 2.59. The van der Waals surface area contributed by atoms with E-state index in [4.69, 9.17) is 10.00 Å². The van der Waals surface area contributed by atoms with Crippen LogP contribution in [0.5, 0.6) is 5.75 Å². The minimum Gasteiger partial charge on any atom is -0.495 e. The number of aliphatic imine (C=N–C) groups is 1. The van der Waals surface area contributed by atoms with Gasteiger partial charge in [0.15, 0.2) is 5.96 Å². The largest absolute Gasteiger partial charge is 0.495 e. The van der Waals surface area contributed by atoms with Gasteiger partial charge in [0.05, 0.1) is 19.2 Å². The van der Waals surface area contributed by atoms with Crippen molar-refractivity contribution >= 4 is 5.96 Å². The average Bonchev–Trinajstić information content (AvgIpc) is 2.37. The van der Waals surface area contributed by atoms with E-state index in [0.29, 0.717) is 17.9 Å². The topological polar surface area (TPSA) is 51.9 Å². The first-order valence-corrected chi connectivity index (χ1v) is 5.95. The monoisotopic (exact) mass is 260 g/mol. The summed E-state index contributed by atoms with van der Waals surface area (Å²) in [5.74, 6) is 1.48. The molecular formula is C14H20N4O. The van der Waals surface area contributed by atoms with Gasteiger partial charge in [0.25, 0.3) is 0 Å². The highest BCUT2D eigenvalue weighted by Gasteiger charge is 2.06. The molecule has 0 atom stereocenters. The van der Waals surface area contributed by atoms with Crippen LogP contribution in [0.15, 0.2) is 23.2 Å². The molecule has 0 unspecified atom stereocenters. The molecule has 5 heteroatoms. The molecule has 0 aliphatic carbocycles. The van der Waals surface area contributed by atoms with Gasteiger partial charge in [-0.15, -0.1) is 0 Å². The highest BCUT2D eigenvalue weighted by Crippen LogP contribution is 2.19. The van der Waals surface area contributed by atoms with Gasteiger partial charge >= 0.3 is 0 Å². The zero-order chi connectivity index (χ0) is 14.4. The number of benzene rings is 1. The van der Waals surface area contributed by atoms with E-state index in [1.807, 2.05) is 50.1 Å². The molecule has 1 aromatic carbocycles. The van der Waals surface area contributed by atoms with Gasteiger partial charge in [0, 0.05) is 28.2 Å². The molecular weight excluding hydrogens is 240 g/mol. The number of guanidine groups is 1. The fraction of sp³-hybridized carbons (Fsp3) is 0.429. The summed E-state index contributed by atoms with van der Waals surface area (Å²) in [6, 6.07) is 7.60. The van der Waals surface area contributed by atoms with Crippen molar-refractivity contribution in [2.45, 2.75) is 6.54 Å². The van der Waals surface area contributed by atoms with Crippen molar-refractivity contribution in [2.75, 3.05) is 35.3 Å². The molecule has 0 heterocycles. The van der Waals surface area contributed by atoms with Crippen LogP contribution >= 0.6 is 0 Å². The maximum atomic E-state index is 8.93.